The molecule has 10 heteroatoms. The van der Waals surface area contributed by atoms with Gasteiger partial charge < -0.3 is 15.1 Å². The SMILES string of the molecule is O=C(CNS(=O)(=O)c1cccs1)Nc1ccccc1C(=O)NCc1ccco1. The third kappa shape index (κ3) is 5.06. The van der Waals surface area contributed by atoms with Crippen LogP contribution in [-0.4, -0.2) is 26.8 Å². The Balaban J connectivity index is 1.61. The monoisotopic (exact) mass is 419 g/mol. The minimum atomic E-state index is -3.75. The first-order chi connectivity index (χ1) is 13.5. The van der Waals surface area contributed by atoms with Crippen LogP contribution in [0.3, 0.4) is 0 Å². The molecule has 3 rings (SSSR count). The number of hydrogen-bond acceptors (Lipinski definition) is 6. The zero-order valence-electron chi connectivity index (χ0n) is 14.5. The maximum atomic E-state index is 12.4. The van der Waals surface area contributed by atoms with E-state index < -0.39 is 28.4 Å². The summed E-state index contributed by atoms with van der Waals surface area (Å²) >= 11 is 1.05. The van der Waals surface area contributed by atoms with Gasteiger partial charge in [-0.05, 0) is 35.7 Å². The van der Waals surface area contributed by atoms with E-state index in [9.17, 15) is 18.0 Å². The van der Waals surface area contributed by atoms with Gasteiger partial charge in [-0.3, -0.25) is 9.59 Å². The maximum absolute atomic E-state index is 12.4. The normalized spacial score (nSPS) is 11.1. The van der Waals surface area contributed by atoms with E-state index in [1.54, 1.807) is 47.8 Å². The molecule has 0 atom stereocenters. The number of rotatable bonds is 8. The van der Waals surface area contributed by atoms with Crippen LogP contribution < -0.4 is 15.4 Å². The minimum absolute atomic E-state index is 0.123. The molecule has 0 aliphatic rings. The van der Waals surface area contributed by atoms with E-state index in [-0.39, 0.29) is 22.0 Å². The molecule has 2 aromatic heterocycles. The second-order valence-corrected chi connectivity index (χ2v) is 8.55. The lowest BCUT2D eigenvalue weighted by atomic mass is 10.1. The number of para-hydroxylation sites is 1. The van der Waals surface area contributed by atoms with E-state index in [0.717, 1.165) is 11.3 Å². The molecule has 0 bridgehead atoms. The number of carbonyl (C=O) groups excluding carboxylic acids is 2. The van der Waals surface area contributed by atoms with E-state index in [1.165, 1.54) is 12.3 Å². The fourth-order valence-corrected chi connectivity index (χ4v) is 4.33. The molecule has 0 aliphatic carbocycles. The molecule has 3 N–H and O–H groups in total. The third-order valence-corrected chi connectivity index (χ3v) is 6.43. The second kappa shape index (κ2) is 8.83. The van der Waals surface area contributed by atoms with E-state index >= 15 is 0 Å². The predicted octanol–water partition coefficient (Wildman–Crippen LogP) is 2.19. The molecule has 0 radical (unpaired) electrons. The van der Waals surface area contributed by atoms with Gasteiger partial charge in [-0.1, -0.05) is 18.2 Å². The largest absolute Gasteiger partial charge is 0.467 e. The fraction of sp³-hybridized carbons (Fsp3) is 0.111. The topological polar surface area (TPSA) is 118 Å². The van der Waals surface area contributed by atoms with Crippen LogP contribution in [0.15, 0.2) is 68.8 Å². The molecule has 1 aromatic carbocycles. The molecule has 2 amide bonds. The highest BCUT2D eigenvalue weighted by Crippen LogP contribution is 2.16. The first-order valence-electron chi connectivity index (χ1n) is 8.18. The van der Waals surface area contributed by atoms with Crippen molar-refractivity contribution in [1.29, 1.82) is 0 Å². The fourth-order valence-electron chi connectivity index (χ4n) is 2.31. The number of amides is 2. The lowest BCUT2D eigenvalue weighted by molar-refractivity contribution is -0.115. The standard InChI is InChI=1S/C18H17N3O5S2/c22-16(12-20-28(24,25)17-8-4-10-27-17)21-15-7-2-1-6-14(15)18(23)19-11-13-5-3-9-26-13/h1-10,20H,11-12H2,(H,19,23)(H,21,22). The highest BCUT2D eigenvalue weighted by molar-refractivity contribution is 7.91. The van der Waals surface area contributed by atoms with Crippen LogP contribution in [0.1, 0.15) is 16.1 Å². The maximum Gasteiger partial charge on any atom is 0.253 e. The van der Waals surface area contributed by atoms with Gasteiger partial charge in [-0.15, -0.1) is 11.3 Å². The predicted molar refractivity (Wildman–Crippen MR) is 104 cm³/mol. The van der Waals surface area contributed by atoms with Crippen LogP contribution >= 0.6 is 11.3 Å². The van der Waals surface area contributed by atoms with Crippen LogP contribution in [0.5, 0.6) is 0 Å². The second-order valence-electron chi connectivity index (χ2n) is 5.61. The Labute approximate surface area is 165 Å². The number of benzene rings is 1. The summed E-state index contributed by atoms with van der Waals surface area (Å²) in [6, 6.07) is 12.9. The average Bonchev–Trinajstić information content (AvgIpc) is 3.39. The number of sulfonamides is 1. The van der Waals surface area contributed by atoms with E-state index in [4.69, 9.17) is 4.42 Å². The molecule has 28 heavy (non-hydrogen) atoms. The van der Waals surface area contributed by atoms with Gasteiger partial charge in [0, 0.05) is 0 Å². The number of thiophene rings is 1. The van der Waals surface area contributed by atoms with Crippen molar-refractivity contribution in [3.63, 3.8) is 0 Å². The van der Waals surface area contributed by atoms with Gasteiger partial charge in [0.25, 0.3) is 15.9 Å². The molecule has 8 nitrogen and oxygen atoms in total. The van der Waals surface area contributed by atoms with Crippen molar-refractivity contribution < 1.29 is 22.4 Å². The summed E-state index contributed by atoms with van der Waals surface area (Å²) in [5, 5.41) is 6.88. The van der Waals surface area contributed by atoms with Gasteiger partial charge >= 0.3 is 0 Å². The Hall–Kier alpha value is -2.95. The number of nitrogens with one attached hydrogen (secondary N) is 3. The van der Waals surface area contributed by atoms with Gasteiger partial charge in [-0.2, -0.15) is 0 Å². The average molecular weight is 419 g/mol. The van der Waals surface area contributed by atoms with Crippen molar-refractivity contribution in [2.75, 3.05) is 11.9 Å². The summed E-state index contributed by atoms with van der Waals surface area (Å²) in [4.78, 5) is 24.6. The molecule has 3 aromatic rings. The van der Waals surface area contributed by atoms with E-state index in [0.29, 0.717) is 5.76 Å². The Kier molecular flexibility index (Phi) is 6.24. The molecular weight excluding hydrogens is 402 g/mol. The van der Waals surface area contributed by atoms with Crippen LogP contribution in [0.25, 0.3) is 0 Å². The molecule has 0 fully saturated rings. The summed E-state index contributed by atoms with van der Waals surface area (Å²) in [5.74, 6) is -0.393. The quantitative estimate of drug-likeness (QED) is 0.517. The molecule has 0 saturated carbocycles. The van der Waals surface area contributed by atoms with Gasteiger partial charge in [0.05, 0.1) is 30.6 Å². The van der Waals surface area contributed by atoms with Gasteiger partial charge in [-0.25, -0.2) is 13.1 Å². The number of anilines is 1. The van der Waals surface area contributed by atoms with Crippen molar-refractivity contribution in [1.82, 2.24) is 10.0 Å². The van der Waals surface area contributed by atoms with Crippen LogP contribution in [0.2, 0.25) is 0 Å². The minimum Gasteiger partial charge on any atom is -0.467 e. The Morgan fingerprint density at radius 2 is 1.86 bits per heavy atom. The molecular formula is C18H17N3O5S2. The molecule has 0 aliphatic heterocycles. The molecule has 0 saturated heterocycles. The van der Waals surface area contributed by atoms with Crippen LogP contribution in [-0.2, 0) is 21.4 Å². The summed E-state index contributed by atoms with van der Waals surface area (Å²) in [6.07, 6.45) is 1.51. The van der Waals surface area contributed by atoms with E-state index in [2.05, 4.69) is 15.4 Å². The van der Waals surface area contributed by atoms with Crippen molar-refractivity contribution >= 4 is 38.9 Å². The van der Waals surface area contributed by atoms with Crippen molar-refractivity contribution in [2.24, 2.45) is 0 Å². The van der Waals surface area contributed by atoms with Gasteiger partial charge in [0.15, 0.2) is 0 Å². The van der Waals surface area contributed by atoms with E-state index in [1.807, 2.05) is 0 Å². The molecule has 0 spiro atoms. The summed E-state index contributed by atoms with van der Waals surface area (Å²) in [6.45, 7) is -0.253. The van der Waals surface area contributed by atoms with Crippen LogP contribution in [0, 0.1) is 0 Å². The first kappa shape index (κ1) is 19.8. The number of carbonyl (C=O) groups is 2. The summed E-state index contributed by atoms with van der Waals surface area (Å²) in [7, 11) is -3.75. The number of furan rings is 1. The lowest BCUT2D eigenvalue weighted by Crippen LogP contribution is -2.33. The smallest absolute Gasteiger partial charge is 0.253 e. The van der Waals surface area contributed by atoms with Gasteiger partial charge in [0.1, 0.15) is 9.97 Å². The lowest BCUT2D eigenvalue weighted by Gasteiger charge is -2.11. The van der Waals surface area contributed by atoms with Gasteiger partial charge in [0.2, 0.25) is 5.91 Å². The highest BCUT2D eigenvalue weighted by Gasteiger charge is 2.18. The summed E-state index contributed by atoms with van der Waals surface area (Å²) in [5.41, 5.74) is 0.531. The number of hydrogen-bond donors (Lipinski definition) is 3. The zero-order chi connectivity index (χ0) is 20.0. The molecule has 0 unspecified atom stereocenters. The Bertz CT molecular complexity index is 1040. The third-order valence-electron chi connectivity index (χ3n) is 3.63. The summed E-state index contributed by atoms with van der Waals surface area (Å²) < 4.78 is 31.7. The van der Waals surface area contributed by atoms with Crippen molar-refractivity contribution in [3.8, 4) is 0 Å². The Morgan fingerprint density at radius 1 is 1.04 bits per heavy atom. The zero-order valence-corrected chi connectivity index (χ0v) is 16.2. The van der Waals surface area contributed by atoms with Crippen molar-refractivity contribution in [2.45, 2.75) is 10.8 Å². The first-order valence-corrected chi connectivity index (χ1v) is 10.5. The highest BCUT2D eigenvalue weighted by atomic mass is 32.2. The molecule has 2 heterocycles. The molecule has 146 valence electrons. The Morgan fingerprint density at radius 3 is 2.57 bits per heavy atom. The van der Waals surface area contributed by atoms with Crippen molar-refractivity contribution in [3.05, 3.63) is 71.5 Å². The van der Waals surface area contributed by atoms with Crippen LogP contribution in [0.4, 0.5) is 5.69 Å².